The Morgan fingerprint density at radius 1 is 1.52 bits per heavy atom. The number of aliphatic hydroxyl groups is 1. The van der Waals surface area contributed by atoms with Gasteiger partial charge in [-0.15, -0.1) is 0 Å². The number of ether oxygens (including phenoxy) is 1. The lowest BCUT2D eigenvalue weighted by Gasteiger charge is -2.12. The van der Waals surface area contributed by atoms with Crippen LogP contribution in [-0.2, 0) is 4.79 Å². The van der Waals surface area contributed by atoms with Gasteiger partial charge in [-0.1, -0.05) is 25.5 Å². The fraction of sp³-hybridized carbons (Fsp3) is 0.375. The molecule has 1 unspecified atom stereocenters. The molecule has 0 fully saturated rings. The van der Waals surface area contributed by atoms with E-state index < -0.39 is 12.1 Å². The van der Waals surface area contributed by atoms with Crippen LogP contribution < -0.4 is 4.74 Å². The fourth-order valence-corrected chi connectivity index (χ4v) is 1.87. The summed E-state index contributed by atoms with van der Waals surface area (Å²) in [5, 5.41) is 27.1. The van der Waals surface area contributed by atoms with Gasteiger partial charge in [0.2, 0.25) is 0 Å². The molecule has 21 heavy (non-hydrogen) atoms. The number of carboxylic acid groups (broad SMARTS) is 1. The number of carbonyl (C=O) groups is 1. The number of hydrogen-bond acceptors (Lipinski definition) is 4. The Bertz CT molecular complexity index is 545. The average molecular weight is 289 g/mol. The van der Waals surface area contributed by atoms with E-state index in [0.717, 1.165) is 12.5 Å². The molecule has 0 saturated carbocycles. The summed E-state index contributed by atoms with van der Waals surface area (Å²) in [5.74, 6) is -0.447. The van der Waals surface area contributed by atoms with E-state index in [4.69, 9.17) is 15.1 Å². The molecule has 1 aromatic carbocycles. The van der Waals surface area contributed by atoms with Crippen molar-refractivity contribution >= 4 is 5.97 Å². The van der Waals surface area contributed by atoms with E-state index in [1.165, 1.54) is 0 Å². The van der Waals surface area contributed by atoms with Crippen molar-refractivity contribution in [1.29, 1.82) is 5.26 Å². The van der Waals surface area contributed by atoms with Gasteiger partial charge in [0.05, 0.1) is 18.6 Å². The Morgan fingerprint density at radius 2 is 2.29 bits per heavy atom. The molecule has 0 aromatic heterocycles. The quantitative estimate of drug-likeness (QED) is 0.718. The summed E-state index contributed by atoms with van der Waals surface area (Å²) in [6.45, 7) is 2.16. The molecule has 5 nitrogen and oxygen atoms in total. The lowest BCUT2D eigenvalue weighted by Crippen LogP contribution is -2.05. The van der Waals surface area contributed by atoms with Gasteiger partial charge in [-0.3, -0.25) is 0 Å². The van der Waals surface area contributed by atoms with Crippen molar-refractivity contribution in [2.24, 2.45) is 0 Å². The summed E-state index contributed by atoms with van der Waals surface area (Å²) in [5.41, 5.74) is 1.31. The normalized spacial score (nSPS) is 12.5. The van der Waals surface area contributed by atoms with Crippen molar-refractivity contribution in [3.63, 3.8) is 0 Å². The molecule has 112 valence electrons. The number of nitriles is 1. The first-order valence-electron chi connectivity index (χ1n) is 6.77. The highest BCUT2D eigenvalue weighted by Gasteiger charge is 2.08. The third-order valence-corrected chi connectivity index (χ3v) is 2.85. The van der Waals surface area contributed by atoms with Crippen molar-refractivity contribution in [3.8, 4) is 11.8 Å². The van der Waals surface area contributed by atoms with E-state index in [1.54, 1.807) is 24.3 Å². The molecule has 0 bridgehead atoms. The Labute approximate surface area is 124 Å². The monoisotopic (exact) mass is 289 g/mol. The van der Waals surface area contributed by atoms with Crippen LogP contribution in [0.5, 0.6) is 5.75 Å². The third kappa shape index (κ3) is 6.11. The maximum atomic E-state index is 10.7. The minimum absolute atomic E-state index is 0.0173. The van der Waals surface area contributed by atoms with Crippen LogP contribution in [0, 0.1) is 11.3 Å². The van der Waals surface area contributed by atoms with E-state index in [-0.39, 0.29) is 13.0 Å². The van der Waals surface area contributed by atoms with Crippen molar-refractivity contribution in [1.82, 2.24) is 0 Å². The lowest BCUT2D eigenvalue weighted by molar-refractivity contribution is -0.131. The Hall–Kier alpha value is -2.32. The average Bonchev–Trinajstić information content (AvgIpc) is 2.45. The Kier molecular flexibility index (Phi) is 6.99. The summed E-state index contributed by atoms with van der Waals surface area (Å²) in [4.78, 5) is 10.7. The first kappa shape index (κ1) is 16.7. The zero-order valence-electron chi connectivity index (χ0n) is 12.0. The Morgan fingerprint density at radius 3 is 2.90 bits per heavy atom. The van der Waals surface area contributed by atoms with Gasteiger partial charge in [0.1, 0.15) is 12.4 Å². The van der Waals surface area contributed by atoms with Gasteiger partial charge >= 0.3 is 5.97 Å². The van der Waals surface area contributed by atoms with Gasteiger partial charge < -0.3 is 14.9 Å². The van der Waals surface area contributed by atoms with E-state index >= 15 is 0 Å². The standard InChI is InChI=1S/C16H19NO4/c1-2-4-12(9-16(19)20)11-21-14-6-3-5-13(10-14)15(18)7-8-17/h3,5-6,9-10,15,18H,2,4,7,11H2,1H3,(H,19,20)/b12-9+. The molecular formula is C16H19NO4. The highest BCUT2D eigenvalue weighted by Crippen LogP contribution is 2.22. The summed E-state index contributed by atoms with van der Waals surface area (Å²) < 4.78 is 5.56. The zero-order valence-corrected chi connectivity index (χ0v) is 12.0. The number of aliphatic hydroxyl groups excluding tert-OH is 1. The zero-order chi connectivity index (χ0) is 15.7. The van der Waals surface area contributed by atoms with E-state index in [9.17, 15) is 9.90 Å². The molecule has 0 radical (unpaired) electrons. The van der Waals surface area contributed by atoms with Gasteiger partial charge in [-0.2, -0.15) is 5.26 Å². The second-order valence-corrected chi connectivity index (χ2v) is 4.63. The number of nitrogens with zero attached hydrogens (tertiary/aromatic N) is 1. The largest absolute Gasteiger partial charge is 0.489 e. The molecule has 0 heterocycles. The van der Waals surface area contributed by atoms with Crippen LogP contribution in [-0.4, -0.2) is 22.8 Å². The SMILES string of the molecule is CCC/C(=C\C(=O)O)COc1cccc(C(O)CC#N)c1. The minimum atomic E-state index is -0.986. The number of aliphatic carboxylic acids is 1. The van der Waals surface area contributed by atoms with Crippen LogP contribution in [0.1, 0.15) is 37.9 Å². The number of rotatable bonds is 8. The predicted molar refractivity (Wildman–Crippen MR) is 77.8 cm³/mol. The van der Waals surface area contributed by atoms with Gasteiger partial charge in [0.25, 0.3) is 0 Å². The first-order chi connectivity index (χ1) is 10.1. The second-order valence-electron chi connectivity index (χ2n) is 4.63. The molecular weight excluding hydrogens is 270 g/mol. The van der Waals surface area contributed by atoms with E-state index in [1.807, 2.05) is 13.0 Å². The van der Waals surface area contributed by atoms with E-state index in [0.29, 0.717) is 23.3 Å². The lowest BCUT2D eigenvalue weighted by atomic mass is 10.1. The van der Waals surface area contributed by atoms with Crippen molar-refractivity contribution < 1.29 is 19.7 Å². The maximum Gasteiger partial charge on any atom is 0.328 e. The molecule has 5 heteroatoms. The van der Waals surface area contributed by atoms with Crippen molar-refractivity contribution in [2.45, 2.75) is 32.3 Å². The topological polar surface area (TPSA) is 90.6 Å². The number of benzene rings is 1. The van der Waals surface area contributed by atoms with Gasteiger partial charge in [0.15, 0.2) is 0 Å². The molecule has 0 aliphatic carbocycles. The summed E-state index contributed by atoms with van der Waals surface area (Å²) in [6.07, 6.45) is 1.83. The van der Waals surface area contributed by atoms with Crippen LogP contribution in [0.3, 0.4) is 0 Å². The van der Waals surface area contributed by atoms with Gasteiger partial charge in [0, 0.05) is 6.08 Å². The maximum absolute atomic E-state index is 10.7. The van der Waals surface area contributed by atoms with Crippen LogP contribution in [0.15, 0.2) is 35.9 Å². The van der Waals surface area contributed by atoms with Crippen LogP contribution in [0.2, 0.25) is 0 Å². The summed E-state index contributed by atoms with van der Waals surface area (Å²) >= 11 is 0. The molecule has 0 spiro atoms. The summed E-state index contributed by atoms with van der Waals surface area (Å²) in [7, 11) is 0. The number of carboxylic acids is 1. The van der Waals surface area contributed by atoms with Gasteiger partial charge in [-0.25, -0.2) is 4.79 Å². The molecule has 1 rings (SSSR count). The fourth-order valence-electron chi connectivity index (χ4n) is 1.87. The molecule has 2 N–H and O–H groups in total. The molecule has 0 saturated heterocycles. The van der Waals surface area contributed by atoms with Crippen molar-refractivity contribution in [2.75, 3.05) is 6.61 Å². The van der Waals surface area contributed by atoms with Crippen molar-refractivity contribution in [3.05, 3.63) is 41.5 Å². The summed E-state index contributed by atoms with van der Waals surface area (Å²) in [6, 6.07) is 8.74. The smallest absolute Gasteiger partial charge is 0.328 e. The molecule has 0 amide bonds. The molecule has 0 aliphatic rings. The third-order valence-electron chi connectivity index (χ3n) is 2.85. The predicted octanol–water partition coefficient (Wildman–Crippen LogP) is 2.82. The highest BCUT2D eigenvalue weighted by atomic mass is 16.5. The number of hydrogen-bond donors (Lipinski definition) is 2. The molecule has 0 aliphatic heterocycles. The van der Waals surface area contributed by atoms with E-state index in [2.05, 4.69) is 0 Å². The Balaban J connectivity index is 2.72. The van der Waals surface area contributed by atoms with Crippen LogP contribution >= 0.6 is 0 Å². The first-order valence-corrected chi connectivity index (χ1v) is 6.77. The molecule has 1 atom stereocenters. The van der Waals surface area contributed by atoms with Crippen LogP contribution in [0.25, 0.3) is 0 Å². The molecule has 1 aromatic rings. The van der Waals surface area contributed by atoms with Gasteiger partial charge in [-0.05, 0) is 29.7 Å². The second kappa shape index (κ2) is 8.77. The highest BCUT2D eigenvalue weighted by molar-refractivity contribution is 5.80. The van der Waals surface area contributed by atoms with Crippen LogP contribution in [0.4, 0.5) is 0 Å². The minimum Gasteiger partial charge on any atom is -0.489 e.